The lowest BCUT2D eigenvalue weighted by Crippen LogP contribution is -1.98. The van der Waals surface area contributed by atoms with E-state index in [0.717, 1.165) is 15.8 Å². The Balaban J connectivity index is 2.04. The van der Waals surface area contributed by atoms with E-state index in [1.165, 1.54) is 0 Å². The first-order valence-corrected chi connectivity index (χ1v) is 6.29. The minimum absolute atomic E-state index is 0.477. The molecule has 0 saturated carbocycles. The summed E-state index contributed by atoms with van der Waals surface area (Å²) in [5.74, 6) is 1.50. The van der Waals surface area contributed by atoms with Crippen LogP contribution in [0.25, 0.3) is 0 Å². The standard InChI is InChI=1S/C14H14BrNO2/c1-17-14-6-5-10(7-13(14)16)9-18-12-4-2-3-11(15)8-12/h2-8H,9,16H2,1H3. The van der Waals surface area contributed by atoms with Crippen molar-refractivity contribution in [1.82, 2.24) is 0 Å². The van der Waals surface area contributed by atoms with Crippen LogP contribution in [-0.4, -0.2) is 7.11 Å². The predicted octanol–water partition coefficient (Wildman–Crippen LogP) is 3.62. The molecule has 2 aromatic carbocycles. The molecule has 0 aliphatic carbocycles. The predicted molar refractivity (Wildman–Crippen MR) is 75.9 cm³/mol. The van der Waals surface area contributed by atoms with Gasteiger partial charge < -0.3 is 15.2 Å². The van der Waals surface area contributed by atoms with E-state index in [1.54, 1.807) is 7.11 Å². The summed E-state index contributed by atoms with van der Waals surface area (Å²) in [4.78, 5) is 0. The molecule has 0 unspecified atom stereocenters. The minimum atomic E-state index is 0.477. The number of rotatable bonds is 4. The summed E-state index contributed by atoms with van der Waals surface area (Å²) in [7, 11) is 1.60. The number of hydrogen-bond acceptors (Lipinski definition) is 3. The molecule has 3 nitrogen and oxygen atoms in total. The summed E-state index contributed by atoms with van der Waals surface area (Å²) >= 11 is 3.40. The number of hydrogen-bond donors (Lipinski definition) is 1. The average molecular weight is 308 g/mol. The van der Waals surface area contributed by atoms with Gasteiger partial charge in [-0.1, -0.05) is 28.1 Å². The SMILES string of the molecule is COc1ccc(COc2cccc(Br)c2)cc1N. The first-order chi connectivity index (χ1) is 8.69. The Morgan fingerprint density at radius 1 is 1.17 bits per heavy atom. The van der Waals surface area contributed by atoms with Gasteiger partial charge in [-0.3, -0.25) is 0 Å². The van der Waals surface area contributed by atoms with E-state index in [9.17, 15) is 0 Å². The van der Waals surface area contributed by atoms with E-state index in [4.69, 9.17) is 15.2 Å². The Labute approximate surface area is 115 Å². The third-order valence-corrected chi connectivity index (χ3v) is 2.99. The van der Waals surface area contributed by atoms with E-state index in [0.29, 0.717) is 18.0 Å². The Morgan fingerprint density at radius 3 is 2.67 bits per heavy atom. The fourth-order valence-corrected chi connectivity index (χ4v) is 1.98. The Morgan fingerprint density at radius 2 is 2.00 bits per heavy atom. The number of methoxy groups -OCH3 is 1. The van der Waals surface area contributed by atoms with Gasteiger partial charge in [0, 0.05) is 4.47 Å². The van der Waals surface area contributed by atoms with Gasteiger partial charge in [-0.15, -0.1) is 0 Å². The van der Waals surface area contributed by atoms with Gasteiger partial charge in [0.25, 0.3) is 0 Å². The average Bonchev–Trinajstić information content (AvgIpc) is 2.37. The van der Waals surface area contributed by atoms with E-state index in [2.05, 4.69) is 15.9 Å². The normalized spacial score (nSPS) is 10.1. The topological polar surface area (TPSA) is 44.5 Å². The van der Waals surface area contributed by atoms with Gasteiger partial charge in [0.1, 0.15) is 18.1 Å². The molecule has 0 spiro atoms. The molecular formula is C14H14BrNO2. The molecule has 0 amide bonds. The zero-order valence-electron chi connectivity index (χ0n) is 10.0. The molecule has 2 aromatic rings. The lowest BCUT2D eigenvalue weighted by atomic mass is 10.2. The van der Waals surface area contributed by atoms with Crippen LogP contribution in [0.3, 0.4) is 0 Å². The quantitative estimate of drug-likeness (QED) is 0.877. The van der Waals surface area contributed by atoms with Crippen molar-refractivity contribution in [2.24, 2.45) is 0 Å². The zero-order chi connectivity index (χ0) is 13.0. The minimum Gasteiger partial charge on any atom is -0.495 e. The van der Waals surface area contributed by atoms with Crippen LogP contribution in [-0.2, 0) is 6.61 Å². The maximum Gasteiger partial charge on any atom is 0.141 e. The van der Waals surface area contributed by atoms with Crippen LogP contribution in [0, 0.1) is 0 Å². The maximum atomic E-state index is 5.84. The number of ether oxygens (including phenoxy) is 2. The van der Waals surface area contributed by atoms with Crippen molar-refractivity contribution in [1.29, 1.82) is 0 Å². The van der Waals surface area contributed by atoms with Crippen LogP contribution in [0.4, 0.5) is 5.69 Å². The van der Waals surface area contributed by atoms with Gasteiger partial charge in [-0.2, -0.15) is 0 Å². The number of nitrogen functional groups attached to an aromatic ring is 1. The van der Waals surface area contributed by atoms with Crippen LogP contribution in [0.15, 0.2) is 46.9 Å². The Hall–Kier alpha value is -1.68. The molecule has 0 fully saturated rings. The number of halogens is 1. The number of anilines is 1. The summed E-state index contributed by atoms with van der Waals surface area (Å²) in [6, 6.07) is 13.4. The fourth-order valence-electron chi connectivity index (χ4n) is 1.60. The molecule has 0 saturated heterocycles. The van der Waals surface area contributed by atoms with E-state index in [1.807, 2.05) is 42.5 Å². The van der Waals surface area contributed by atoms with Crippen molar-refractivity contribution < 1.29 is 9.47 Å². The molecule has 0 aromatic heterocycles. The molecule has 2 rings (SSSR count). The first kappa shape index (κ1) is 12.8. The second kappa shape index (κ2) is 5.78. The number of benzene rings is 2. The highest BCUT2D eigenvalue weighted by atomic mass is 79.9. The summed E-state index contributed by atoms with van der Waals surface area (Å²) in [6.07, 6.45) is 0. The van der Waals surface area contributed by atoms with E-state index < -0.39 is 0 Å². The Bertz CT molecular complexity index is 543. The summed E-state index contributed by atoms with van der Waals surface area (Å²) in [5.41, 5.74) is 7.46. The third-order valence-electron chi connectivity index (χ3n) is 2.50. The largest absolute Gasteiger partial charge is 0.495 e. The second-order valence-corrected chi connectivity index (χ2v) is 4.74. The Kier molecular flexibility index (Phi) is 4.10. The van der Waals surface area contributed by atoms with Gasteiger partial charge >= 0.3 is 0 Å². The molecular weight excluding hydrogens is 294 g/mol. The summed E-state index contributed by atoms with van der Waals surface area (Å²) < 4.78 is 11.8. The van der Waals surface area contributed by atoms with Gasteiger partial charge in [-0.25, -0.2) is 0 Å². The van der Waals surface area contributed by atoms with Crippen molar-refractivity contribution in [3.8, 4) is 11.5 Å². The third kappa shape index (κ3) is 3.17. The van der Waals surface area contributed by atoms with E-state index in [-0.39, 0.29) is 0 Å². The molecule has 0 radical (unpaired) electrons. The fraction of sp³-hybridized carbons (Fsp3) is 0.143. The molecule has 0 aliphatic heterocycles. The molecule has 2 N–H and O–H groups in total. The van der Waals surface area contributed by atoms with Crippen molar-refractivity contribution >= 4 is 21.6 Å². The maximum absolute atomic E-state index is 5.84. The van der Waals surface area contributed by atoms with Gasteiger partial charge in [0.15, 0.2) is 0 Å². The van der Waals surface area contributed by atoms with Crippen LogP contribution < -0.4 is 15.2 Å². The highest BCUT2D eigenvalue weighted by molar-refractivity contribution is 9.10. The van der Waals surface area contributed by atoms with Crippen molar-refractivity contribution in [2.75, 3.05) is 12.8 Å². The van der Waals surface area contributed by atoms with Crippen molar-refractivity contribution in [3.05, 3.63) is 52.5 Å². The lowest BCUT2D eigenvalue weighted by molar-refractivity contribution is 0.306. The van der Waals surface area contributed by atoms with Gasteiger partial charge in [0.2, 0.25) is 0 Å². The molecule has 4 heteroatoms. The molecule has 18 heavy (non-hydrogen) atoms. The van der Waals surface area contributed by atoms with Crippen LogP contribution in [0.2, 0.25) is 0 Å². The van der Waals surface area contributed by atoms with Crippen LogP contribution in [0.1, 0.15) is 5.56 Å². The molecule has 94 valence electrons. The highest BCUT2D eigenvalue weighted by Crippen LogP contribution is 2.23. The van der Waals surface area contributed by atoms with Crippen LogP contribution >= 0.6 is 15.9 Å². The van der Waals surface area contributed by atoms with Gasteiger partial charge in [0.05, 0.1) is 12.8 Å². The van der Waals surface area contributed by atoms with Gasteiger partial charge in [-0.05, 0) is 35.9 Å². The van der Waals surface area contributed by atoms with E-state index >= 15 is 0 Å². The molecule has 0 heterocycles. The molecule has 0 atom stereocenters. The molecule has 0 aliphatic rings. The second-order valence-electron chi connectivity index (χ2n) is 3.82. The highest BCUT2D eigenvalue weighted by Gasteiger charge is 2.02. The molecule has 0 bridgehead atoms. The zero-order valence-corrected chi connectivity index (χ0v) is 11.6. The van der Waals surface area contributed by atoms with Crippen molar-refractivity contribution in [2.45, 2.75) is 6.61 Å². The smallest absolute Gasteiger partial charge is 0.141 e. The summed E-state index contributed by atoms with van der Waals surface area (Å²) in [5, 5.41) is 0. The number of nitrogens with two attached hydrogens (primary N) is 1. The monoisotopic (exact) mass is 307 g/mol. The summed E-state index contributed by atoms with van der Waals surface area (Å²) in [6.45, 7) is 0.477. The lowest BCUT2D eigenvalue weighted by Gasteiger charge is -2.09. The van der Waals surface area contributed by atoms with Crippen molar-refractivity contribution in [3.63, 3.8) is 0 Å². The first-order valence-electron chi connectivity index (χ1n) is 5.50. The van der Waals surface area contributed by atoms with Crippen LogP contribution in [0.5, 0.6) is 11.5 Å².